The summed E-state index contributed by atoms with van der Waals surface area (Å²) in [5.41, 5.74) is 5.91. The lowest BCUT2D eigenvalue weighted by Gasteiger charge is -2.29. The molecule has 0 unspecified atom stereocenters. The van der Waals surface area contributed by atoms with E-state index < -0.39 is 0 Å². The van der Waals surface area contributed by atoms with Gasteiger partial charge in [-0.25, -0.2) is 0 Å². The van der Waals surface area contributed by atoms with Gasteiger partial charge in [-0.1, -0.05) is 5.16 Å². The lowest BCUT2D eigenvalue weighted by atomic mass is 10.1. The number of hydrogen-bond acceptors (Lipinski definition) is 5. The molecule has 0 aromatic carbocycles. The molecule has 6 nitrogen and oxygen atoms in total. The van der Waals surface area contributed by atoms with Crippen molar-refractivity contribution in [1.29, 1.82) is 0 Å². The normalized spacial score (nSPS) is 18.8. The van der Waals surface area contributed by atoms with Gasteiger partial charge in [0.25, 0.3) is 0 Å². The number of oxime groups is 1. The van der Waals surface area contributed by atoms with Crippen LogP contribution in [-0.2, 0) is 0 Å². The van der Waals surface area contributed by atoms with Crippen molar-refractivity contribution in [3.05, 3.63) is 24.0 Å². The van der Waals surface area contributed by atoms with Gasteiger partial charge in [-0.15, -0.1) is 0 Å². The van der Waals surface area contributed by atoms with E-state index in [1.807, 2.05) is 0 Å². The SMILES string of the molecule is CN1CCC(Oc2ccnc(C(N)=NO)c2)CC1. The van der Waals surface area contributed by atoms with Gasteiger partial charge in [-0.2, -0.15) is 0 Å². The largest absolute Gasteiger partial charge is 0.490 e. The predicted molar refractivity (Wildman–Crippen MR) is 67.9 cm³/mol. The number of rotatable bonds is 3. The standard InChI is InChI=1S/C12H18N4O2/c1-16-6-3-9(4-7-16)18-10-2-5-14-11(8-10)12(13)15-17/h2,5,8-9,17H,3-4,6-7H2,1H3,(H2,13,15). The Bertz CT molecular complexity index is 428. The second-order valence-electron chi connectivity index (χ2n) is 4.48. The number of nitrogens with two attached hydrogens (primary N) is 1. The van der Waals surface area contributed by atoms with Gasteiger partial charge in [0.05, 0.1) is 0 Å². The molecular formula is C12H18N4O2. The number of aromatic nitrogens is 1. The van der Waals surface area contributed by atoms with Gasteiger partial charge in [-0.05, 0) is 26.0 Å². The molecule has 0 aliphatic carbocycles. The molecule has 1 aliphatic heterocycles. The van der Waals surface area contributed by atoms with Crippen molar-refractivity contribution < 1.29 is 9.94 Å². The van der Waals surface area contributed by atoms with Crippen LogP contribution in [0.15, 0.2) is 23.5 Å². The summed E-state index contributed by atoms with van der Waals surface area (Å²) in [7, 11) is 2.11. The second kappa shape index (κ2) is 5.68. The summed E-state index contributed by atoms with van der Waals surface area (Å²) in [4.78, 5) is 6.30. The third-order valence-corrected chi connectivity index (χ3v) is 3.07. The van der Waals surface area contributed by atoms with E-state index in [1.165, 1.54) is 0 Å². The van der Waals surface area contributed by atoms with Crippen molar-refractivity contribution in [2.75, 3.05) is 20.1 Å². The fourth-order valence-electron chi connectivity index (χ4n) is 1.97. The molecule has 18 heavy (non-hydrogen) atoms. The molecule has 3 N–H and O–H groups in total. The molecule has 98 valence electrons. The first-order valence-corrected chi connectivity index (χ1v) is 5.98. The van der Waals surface area contributed by atoms with Crippen LogP contribution >= 0.6 is 0 Å². The minimum Gasteiger partial charge on any atom is -0.490 e. The van der Waals surface area contributed by atoms with E-state index >= 15 is 0 Å². The number of likely N-dealkylation sites (tertiary alicyclic amines) is 1. The summed E-state index contributed by atoms with van der Waals surface area (Å²) in [6.45, 7) is 2.09. The molecule has 1 fully saturated rings. The van der Waals surface area contributed by atoms with Crippen LogP contribution in [0.2, 0.25) is 0 Å². The Morgan fingerprint density at radius 3 is 2.94 bits per heavy atom. The lowest BCUT2D eigenvalue weighted by Crippen LogP contribution is -2.35. The number of nitrogens with zero attached hydrogens (tertiary/aromatic N) is 3. The molecule has 0 spiro atoms. The van der Waals surface area contributed by atoms with Crippen LogP contribution < -0.4 is 10.5 Å². The van der Waals surface area contributed by atoms with Crippen LogP contribution in [-0.4, -0.2) is 47.2 Å². The summed E-state index contributed by atoms with van der Waals surface area (Å²) in [6, 6.07) is 3.47. The van der Waals surface area contributed by atoms with E-state index in [4.69, 9.17) is 15.7 Å². The fraction of sp³-hybridized carbons (Fsp3) is 0.500. The minimum atomic E-state index is -0.0103. The molecule has 2 heterocycles. The Morgan fingerprint density at radius 2 is 2.28 bits per heavy atom. The number of hydrogen-bond donors (Lipinski definition) is 2. The summed E-state index contributed by atoms with van der Waals surface area (Å²) in [6.07, 6.45) is 3.84. The quantitative estimate of drug-likeness (QED) is 0.356. The highest BCUT2D eigenvalue weighted by Gasteiger charge is 2.18. The first-order valence-electron chi connectivity index (χ1n) is 5.98. The number of ether oxygens (including phenoxy) is 1. The highest BCUT2D eigenvalue weighted by molar-refractivity contribution is 5.95. The first-order chi connectivity index (χ1) is 8.69. The van der Waals surface area contributed by atoms with E-state index in [-0.39, 0.29) is 11.9 Å². The number of pyridine rings is 1. The van der Waals surface area contributed by atoms with Crippen LogP contribution in [0.1, 0.15) is 18.5 Å². The van der Waals surface area contributed by atoms with Crippen molar-refractivity contribution in [1.82, 2.24) is 9.88 Å². The van der Waals surface area contributed by atoms with Gasteiger partial charge in [0, 0.05) is 25.4 Å². The molecule has 1 saturated heterocycles. The summed E-state index contributed by atoms with van der Waals surface area (Å²) >= 11 is 0. The monoisotopic (exact) mass is 250 g/mol. The van der Waals surface area contributed by atoms with Gasteiger partial charge in [0.15, 0.2) is 5.84 Å². The molecule has 0 atom stereocenters. The Morgan fingerprint density at radius 1 is 1.56 bits per heavy atom. The van der Waals surface area contributed by atoms with Crippen molar-refractivity contribution in [2.24, 2.45) is 10.9 Å². The van der Waals surface area contributed by atoms with Crippen molar-refractivity contribution in [3.8, 4) is 5.75 Å². The lowest BCUT2D eigenvalue weighted by molar-refractivity contribution is 0.114. The van der Waals surface area contributed by atoms with E-state index in [0.29, 0.717) is 11.4 Å². The highest BCUT2D eigenvalue weighted by Crippen LogP contribution is 2.18. The Kier molecular flexibility index (Phi) is 3.99. The average molecular weight is 250 g/mol. The number of amidine groups is 1. The van der Waals surface area contributed by atoms with Crippen molar-refractivity contribution >= 4 is 5.84 Å². The molecule has 0 bridgehead atoms. The molecule has 0 saturated carbocycles. The number of piperidine rings is 1. The van der Waals surface area contributed by atoms with Gasteiger partial charge in [-0.3, -0.25) is 4.98 Å². The predicted octanol–water partition coefficient (Wildman–Crippen LogP) is 0.649. The average Bonchev–Trinajstić information content (AvgIpc) is 2.41. The summed E-state index contributed by atoms with van der Waals surface area (Å²) < 4.78 is 5.88. The molecule has 1 aliphatic rings. The third kappa shape index (κ3) is 3.10. The zero-order valence-electron chi connectivity index (χ0n) is 10.4. The van der Waals surface area contributed by atoms with Crippen molar-refractivity contribution in [2.45, 2.75) is 18.9 Å². The smallest absolute Gasteiger partial charge is 0.188 e. The molecule has 1 aromatic rings. The Balaban J connectivity index is 2.01. The summed E-state index contributed by atoms with van der Waals surface area (Å²) in [5.74, 6) is 0.699. The van der Waals surface area contributed by atoms with E-state index in [2.05, 4.69) is 22.1 Å². The molecule has 1 aromatic heterocycles. The zero-order chi connectivity index (χ0) is 13.0. The Labute approximate surface area is 106 Å². The van der Waals surface area contributed by atoms with Crippen LogP contribution in [0, 0.1) is 0 Å². The van der Waals surface area contributed by atoms with Crippen LogP contribution in [0.4, 0.5) is 0 Å². The van der Waals surface area contributed by atoms with Crippen LogP contribution in [0.25, 0.3) is 0 Å². The maximum atomic E-state index is 8.61. The maximum Gasteiger partial charge on any atom is 0.188 e. The van der Waals surface area contributed by atoms with Crippen LogP contribution in [0.3, 0.4) is 0 Å². The van der Waals surface area contributed by atoms with E-state index in [9.17, 15) is 0 Å². The van der Waals surface area contributed by atoms with Crippen molar-refractivity contribution in [3.63, 3.8) is 0 Å². The van der Waals surface area contributed by atoms with Gasteiger partial charge >= 0.3 is 0 Å². The summed E-state index contributed by atoms with van der Waals surface area (Å²) in [5, 5.41) is 11.5. The van der Waals surface area contributed by atoms with Gasteiger partial charge in [0.2, 0.25) is 0 Å². The maximum absolute atomic E-state index is 8.61. The minimum absolute atomic E-state index is 0.0103. The van der Waals surface area contributed by atoms with Gasteiger partial charge in [0.1, 0.15) is 17.5 Å². The highest BCUT2D eigenvalue weighted by atomic mass is 16.5. The topological polar surface area (TPSA) is 84.0 Å². The molecule has 0 radical (unpaired) electrons. The van der Waals surface area contributed by atoms with Gasteiger partial charge < -0.3 is 20.6 Å². The fourth-order valence-corrected chi connectivity index (χ4v) is 1.97. The first kappa shape index (κ1) is 12.6. The van der Waals surface area contributed by atoms with Crippen LogP contribution in [0.5, 0.6) is 5.75 Å². The molecule has 6 heteroatoms. The Hall–Kier alpha value is -1.82. The second-order valence-corrected chi connectivity index (χ2v) is 4.48. The molecular weight excluding hydrogens is 232 g/mol. The molecule has 2 rings (SSSR count). The zero-order valence-corrected chi connectivity index (χ0v) is 10.4. The third-order valence-electron chi connectivity index (χ3n) is 3.07. The van der Waals surface area contributed by atoms with E-state index in [1.54, 1.807) is 18.3 Å². The molecule has 0 amide bonds. The van der Waals surface area contributed by atoms with E-state index in [0.717, 1.165) is 25.9 Å².